The van der Waals surface area contributed by atoms with Gasteiger partial charge in [0.2, 0.25) is 0 Å². The minimum Gasteiger partial charge on any atom is -0.316 e. The van der Waals surface area contributed by atoms with E-state index in [1.165, 1.54) is 35.6 Å². The molecule has 0 radical (unpaired) electrons. The molecule has 0 aliphatic carbocycles. The van der Waals surface area contributed by atoms with Gasteiger partial charge in [-0.3, -0.25) is 4.90 Å². The fourth-order valence-corrected chi connectivity index (χ4v) is 4.21. The third-order valence-corrected chi connectivity index (χ3v) is 5.71. The molecule has 1 fully saturated rings. The molecule has 1 N–H and O–H groups in total. The van der Waals surface area contributed by atoms with E-state index in [-0.39, 0.29) is 0 Å². The zero-order valence-electron chi connectivity index (χ0n) is 14.2. The topological polar surface area (TPSA) is 28.2 Å². The lowest BCUT2D eigenvalue weighted by Gasteiger charge is -2.28. The first-order valence-electron chi connectivity index (χ1n) is 8.59. The standard InChI is InChI=1S/C19H27N3S/c1-15(18-6-4-3-5-7-18)11-22(12-17-8-9-20-10-17)13-19-16(2)21-14-23-19/h3-7,14-15,17,20H,8-13H2,1-2H3. The number of benzene rings is 1. The molecule has 3 rings (SSSR count). The van der Waals surface area contributed by atoms with Crippen molar-refractivity contribution < 1.29 is 0 Å². The number of hydrogen-bond donors (Lipinski definition) is 1. The first-order valence-corrected chi connectivity index (χ1v) is 9.47. The minimum atomic E-state index is 0.554. The summed E-state index contributed by atoms with van der Waals surface area (Å²) in [6.45, 7) is 10.1. The molecule has 1 aromatic heterocycles. The fourth-order valence-electron chi connectivity index (χ4n) is 3.39. The number of thiazole rings is 1. The van der Waals surface area contributed by atoms with Crippen molar-refractivity contribution in [1.82, 2.24) is 15.2 Å². The van der Waals surface area contributed by atoms with Crippen LogP contribution < -0.4 is 5.32 Å². The lowest BCUT2D eigenvalue weighted by Crippen LogP contribution is -2.33. The molecule has 3 nitrogen and oxygen atoms in total. The zero-order valence-corrected chi connectivity index (χ0v) is 15.0. The number of hydrogen-bond acceptors (Lipinski definition) is 4. The second-order valence-corrected chi connectivity index (χ2v) is 7.66. The molecule has 0 amide bonds. The van der Waals surface area contributed by atoms with Crippen LogP contribution in [0.3, 0.4) is 0 Å². The van der Waals surface area contributed by atoms with Crippen molar-refractivity contribution >= 4 is 11.3 Å². The smallest absolute Gasteiger partial charge is 0.0798 e. The van der Waals surface area contributed by atoms with Crippen molar-refractivity contribution in [3.05, 3.63) is 52.0 Å². The molecule has 2 unspecified atom stereocenters. The van der Waals surface area contributed by atoms with E-state index in [9.17, 15) is 0 Å². The van der Waals surface area contributed by atoms with E-state index in [2.05, 4.69) is 59.4 Å². The molecule has 1 saturated heterocycles. The van der Waals surface area contributed by atoms with Crippen LogP contribution in [0.2, 0.25) is 0 Å². The largest absolute Gasteiger partial charge is 0.316 e. The van der Waals surface area contributed by atoms with E-state index in [0.717, 1.165) is 25.6 Å². The highest BCUT2D eigenvalue weighted by atomic mass is 32.1. The Hall–Kier alpha value is -1.23. The van der Waals surface area contributed by atoms with Crippen LogP contribution in [0.5, 0.6) is 0 Å². The normalized spacial score (nSPS) is 19.3. The Morgan fingerprint density at radius 2 is 2.17 bits per heavy atom. The van der Waals surface area contributed by atoms with Gasteiger partial charge in [0.1, 0.15) is 0 Å². The van der Waals surface area contributed by atoms with E-state index in [1.807, 2.05) is 5.51 Å². The Morgan fingerprint density at radius 3 is 2.83 bits per heavy atom. The molecule has 0 saturated carbocycles. The molecule has 2 atom stereocenters. The molecular weight excluding hydrogens is 302 g/mol. The van der Waals surface area contributed by atoms with Crippen LogP contribution in [-0.4, -0.2) is 36.1 Å². The van der Waals surface area contributed by atoms with Gasteiger partial charge in [0.05, 0.1) is 11.2 Å². The Kier molecular flexibility index (Phi) is 5.81. The minimum absolute atomic E-state index is 0.554. The lowest BCUT2D eigenvalue weighted by atomic mass is 9.99. The highest BCUT2D eigenvalue weighted by molar-refractivity contribution is 7.09. The average molecular weight is 330 g/mol. The molecule has 23 heavy (non-hydrogen) atoms. The molecule has 1 aromatic carbocycles. The summed E-state index contributed by atoms with van der Waals surface area (Å²) in [7, 11) is 0. The molecule has 2 heterocycles. The predicted octanol–water partition coefficient (Wildman–Crippen LogP) is 3.67. The van der Waals surface area contributed by atoms with Crippen LogP contribution in [0.25, 0.3) is 0 Å². The maximum atomic E-state index is 4.42. The molecule has 0 bridgehead atoms. The molecule has 1 aliphatic rings. The van der Waals surface area contributed by atoms with E-state index >= 15 is 0 Å². The van der Waals surface area contributed by atoms with Crippen LogP contribution in [-0.2, 0) is 6.54 Å². The lowest BCUT2D eigenvalue weighted by molar-refractivity contribution is 0.220. The Labute approximate surface area is 143 Å². The van der Waals surface area contributed by atoms with Gasteiger partial charge in [-0.2, -0.15) is 0 Å². The number of nitrogens with one attached hydrogen (secondary N) is 1. The summed E-state index contributed by atoms with van der Waals surface area (Å²) in [5, 5.41) is 3.50. The molecule has 1 aliphatic heterocycles. The average Bonchev–Trinajstić information content (AvgIpc) is 3.21. The van der Waals surface area contributed by atoms with Crippen LogP contribution >= 0.6 is 11.3 Å². The summed E-state index contributed by atoms with van der Waals surface area (Å²) < 4.78 is 0. The highest BCUT2D eigenvalue weighted by Gasteiger charge is 2.21. The molecular formula is C19H27N3S. The van der Waals surface area contributed by atoms with Gasteiger partial charge in [-0.25, -0.2) is 4.98 Å². The van der Waals surface area contributed by atoms with Crippen LogP contribution in [0.15, 0.2) is 35.8 Å². The maximum absolute atomic E-state index is 4.42. The highest BCUT2D eigenvalue weighted by Crippen LogP contribution is 2.22. The summed E-state index contributed by atoms with van der Waals surface area (Å²) in [6, 6.07) is 10.9. The third kappa shape index (κ3) is 4.63. The number of aryl methyl sites for hydroxylation is 1. The monoisotopic (exact) mass is 329 g/mol. The van der Waals surface area contributed by atoms with Gasteiger partial charge >= 0.3 is 0 Å². The van der Waals surface area contributed by atoms with E-state index in [0.29, 0.717) is 5.92 Å². The summed E-state index contributed by atoms with van der Waals surface area (Å²) in [5.74, 6) is 1.34. The van der Waals surface area contributed by atoms with Gasteiger partial charge in [0.15, 0.2) is 0 Å². The summed E-state index contributed by atoms with van der Waals surface area (Å²) in [5.41, 5.74) is 4.60. The van der Waals surface area contributed by atoms with Crippen LogP contribution in [0.1, 0.15) is 35.4 Å². The van der Waals surface area contributed by atoms with Crippen LogP contribution in [0.4, 0.5) is 0 Å². The number of aromatic nitrogens is 1. The summed E-state index contributed by atoms with van der Waals surface area (Å²) >= 11 is 1.79. The molecule has 2 aromatic rings. The molecule has 4 heteroatoms. The van der Waals surface area contributed by atoms with Crippen LogP contribution in [0, 0.1) is 12.8 Å². The first kappa shape index (κ1) is 16.6. The van der Waals surface area contributed by atoms with Crippen molar-refractivity contribution in [2.45, 2.75) is 32.7 Å². The van der Waals surface area contributed by atoms with Gasteiger partial charge < -0.3 is 5.32 Å². The van der Waals surface area contributed by atoms with E-state index in [4.69, 9.17) is 0 Å². The van der Waals surface area contributed by atoms with Crippen molar-refractivity contribution in [2.24, 2.45) is 5.92 Å². The van der Waals surface area contributed by atoms with Crippen molar-refractivity contribution in [1.29, 1.82) is 0 Å². The van der Waals surface area contributed by atoms with E-state index in [1.54, 1.807) is 11.3 Å². The Bertz CT molecular complexity index is 590. The first-order chi connectivity index (χ1) is 11.2. The quantitative estimate of drug-likeness (QED) is 0.840. The fraction of sp³-hybridized carbons (Fsp3) is 0.526. The second kappa shape index (κ2) is 8.04. The summed E-state index contributed by atoms with van der Waals surface area (Å²) in [4.78, 5) is 8.47. The maximum Gasteiger partial charge on any atom is 0.0798 e. The van der Waals surface area contributed by atoms with E-state index < -0.39 is 0 Å². The second-order valence-electron chi connectivity index (χ2n) is 6.73. The molecule has 124 valence electrons. The number of rotatable bonds is 7. The van der Waals surface area contributed by atoms with Gasteiger partial charge in [-0.15, -0.1) is 11.3 Å². The Balaban J connectivity index is 1.67. The zero-order chi connectivity index (χ0) is 16.1. The molecule has 0 spiro atoms. The predicted molar refractivity (Wildman–Crippen MR) is 98.0 cm³/mol. The van der Waals surface area contributed by atoms with Gasteiger partial charge in [0.25, 0.3) is 0 Å². The van der Waals surface area contributed by atoms with Gasteiger partial charge in [-0.05, 0) is 43.8 Å². The van der Waals surface area contributed by atoms with Crippen molar-refractivity contribution in [3.8, 4) is 0 Å². The number of nitrogens with zero attached hydrogens (tertiary/aromatic N) is 2. The van der Waals surface area contributed by atoms with Gasteiger partial charge in [-0.1, -0.05) is 37.3 Å². The Morgan fingerprint density at radius 1 is 1.35 bits per heavy atom. The van der Waals surface area contributed by atoms with Crippen molar-refractivity contribution in [3.63, 3.8) is 0 Å². The summed E-state index contributed by atoms with van der Waals surface area (Å²) in [6.07, 6.45) is 1.30. The third-order valence-electron chi connectivity index (χ3n) is 4.79. The van der Waals surface area contributed by atoms with Crippen molar-refractivity contribution in [2.75, 3.05) is 26.2 Å². The van der Waals surface area contributed by atoms with Gasteiger partial charge in [0, 0.05) is 24.5 Å². The SMILES string of the molecule is Cc1ncsc1CN(CC1CCNC1)CC(C)c1ccccc1.